The van der Waals surface area contributed by atoms with Gasteiger partial charge in [-0.3, -0.25) is 0 Å². The summed E-state index contributed by atoms with van der Waals surface area (Å²) in [6.07, 6.45) is 1.21. The van der Waals surface area contributed by atoms with Crippen LogP contribution in [0.3, 0.4) is 0 Å². The number of nitrogens with one attached hydrogen (secondary N) is 1. The van der Waals surface area contributed by atoms with Crippen molar-refractivity contribution in [3.05, 3.63) is 39.7 Å². The fraction of sp³-hybridized carbons (Fsp3) is 0.273. The van der Waals surface area contributed by atoms with Crippen molar-refractivity contribution in [3.8, 4) is 0 Å². The van der Waals surface area contributed by atoms with Crippen LogP contribution in [0.15, 0.2) is 18.5 Å². The van der Waals surface area contributed by atoms with Crippen LogP contribution in [0.1, 0.15) is 15.3 Å². The number of aromatic nitrogens is 2. The van der Waals surface area contributed by atoms with Crippen LogP contribution < -0.4 is 5.32 Å². The first-order valence-corrected chi connectivity index (χ1v) is 5.74. The lowest BCUT2D eigenvalue weighted by molar-refractivity contribution is 0.580. The number of rotatable bonds is 3. The second-order valence-electron chi connectivity index (χ2n) is 3.53. The summed E-state index contributed by atoms with van der Waals surface area (Å²) in [6.45, 7) is 4.84. The molecule has 5 heteroatoms. The van der Waals surface area contributed by atoms with E-state index in [-0.39, 0.29) is 0 Å². The van der Waals surface area contributed by atoms with Crippen molar-refractivity contribution in [1.29, 1.82) is 0 Å². The molecule has 3 nitrogen and oxygen atoms in total. The zero-order valence-electron chi connectivity index (χ0n) is 9.12. The maximum atomic E-state index is 12.8. The molecule has 2 aromatic rings. The van der Waals surface area contributed by atoms with Gasteiger partial charge in [-0.05, 0) is 25.5 Å². The van der Waals surface area contributed by atoms with Crippen molar-refractivity contribution in [2.75, 3.05) is 5.32 Å². The van der Waals surface area contributed by atoms with E-state index in [0.717, 1.165) is 0 Å². The van der Waals surface area contributed by atoms with Crippen molar-refractivity contribution < 1.29 is 4.39 Å². The highest BCUT2D eigenvalue weighted by molar-refractivity contribution is 7.12. The van der Waals surface area contributed by atoms with E-state index in [1.165, 1.54) is 27.7 Å². The van der Waals surface area contributed by atoms with E-state index in [1.807, 2.05) is 0 Å². The quantitative estimate of drug-likeness (QED) is 0.834. The number of anilines is 1. The van der Waals surface area contributed by atoms with Crippen LogP contribution in [-0.4, -0.2) is 9.97 Å². The second-order valence-corrected chi connectivity index (χ2v) is 4.87. The zero-order chi connectivity index (χ0) is 11.5. The molecule has 0 unspecified atom stereocenters. The van der Waals surface area contributed by atoms with Gasteiger partial charge in [0.1, 0.15) is 12.1 Å². The Morgan fingerprint density at radius 2 is 2.12 bits per heavy atom. The summed E-state index contributed by atoms with van der Waals surface area (Å²) in [7, 11) is 0. The first-order valence-electron chi connectivity index (χ1n) is 4.92. The molecule has 2 aromatic heterocycles. The minimum absolute atomic E-state index is 0.510. The van der Waals surface area contributed by atoms with Crippen molar-refractivity contribution in [1.82, 2.24) is 9.97 Å². The third-order valence-electron chi connectivity index (χ3n) is 2.29. The summed E-state index contributed by atoms with van der Waals surface area (Å²) in [5.41, 5.74) is 1.29. The molecule has 2 rings (SSSR count). The molecule has 0 saturated carbocycles. The Kier molecular flexibility index (Phi) is 3.14. The van der Waals surface area contributed by atoms with Gasteiger partial charge in [-0.25, -0.2) is 9.97 Å². The smallest absolute Gasteiger partial charge is 0.217 e. The Morgan fingerprint density at radius 3 is 2.75 bits per heavy atom. The standard InChI is InChI=1S/C11H12FN3S/c1-7-3-9(16-8(7)2)5-13-11-4-10(12)14-6-15-11/h3-4,6H,5H2,1-2H3,(H,13,14,15). The Morgan fingerprint density at radius 1 is 1.31 bits per heavy atom. The van der Waals surface area contributed by atoms with Crippen LogP contribution in [0.5, 0.6) is 0 Å². The first kappa shape index (κ1) is 11.0. The van der Waals surface area contributed by atoms with Crippen molar-refractivity contribution in [3.63, 3.8) is 0 Å². The number of hydrogen-bond donors (Lipinski definition) is 1. The van der Waals surface area contributed by atoms with E-state index in [2.05, 4.69) is 35.2 Å². The number of aryl methyl sites for hydroxylation is 2. The van der Waals surface area contributed by atoms with Crippen LogP contribution >= 0.6 is 11.3 Å². The summed E-state index contributed by atoms with van der Waals surface area (Å²) < 4.78 is 12.8. The Labute approximate surface area is 97.4 Å². The van der Waals surface area contributed by atoms with E-state index in [0.29, 0.717) is 12.4 Å². The van der Waals surface area contributed by atoms with Gasteiger partial charge in [-0.2, -0.15) is 4.39 Å². The van der Waals surface area contributed by atoms with E-state index in [1.54, 1.807) is 11.3 Å². The number of thiophene rings is 1. The summed E-state index contributed by atoms with van der Waals surface area (Å²) in [4.78, 5) is 9.85. The zero-order valence-corrected chi connectivity index (χ0v) is 9.94. The average molecular weight is 237 g/mol. The maximum absolute atomic E-state index is 12.8. The molecule has 84 valence electrons. The molecule has 0 bridgehead atoms. The van der Waals surface area contributed by atoms with Crippen LogP contribution in [0.25, 0.3) is 0 Å². The molecule has 0 amide bonds. The lowest BCUT2D eigenvalue weighted by Gasteiger charge is -2.02. The Balaban J connectivity index is 2.02. The normalized spacial score (nSPS) is 10.4. The molecule has 0 fully saturated rings. The minimum atomic E-state index is -0.518. The van der Waals surface area contributed by atoms with Gasteiger partial charge in [0.15, 0.2) is 0 Å². The lowest BCUT2D eigenvalue weighted by atomic mass is 10.3. The molecule has 0 atom stereocenters. The highest BCUT2D eigenvalue weighted by atomic mass is 32.1. The maximum Gasteiger partial charge on any atom is 0.217 e. The molecule has 0 spiro atoms. The van der Waals surface area contributed by atoms with Gasteiger partial charge in [0.25, 0.3) is 0 Å². The van der Waals surface area contributed by atoms with Gasteiger partial charge in [-0.15, -0.1) is 11.3 Å². The highest BCUT2D eigenvalue weighted by Crippen LogP contribution is 2.21. The SMILES string of the molecule is Cc1cc(CNc2cc(F)ncn2)sc1C. The predicted octanol–water partition coefficient (Wildman–Crippen LogP) is 2.91. The van der Waals surface area contributed by atoms with Crippen LogP contribution in [0, 0.1) is 19.8 Å². The van der Waals surface area contributed by atoms with Crippen molar-refractivity contribution in [2.45, 2.75) is 20.4 Å². The molecular formula is C11H12FN3S. The van der Waals surface area contributed by atoms with Gasteiger partial charge in [0.2, 0.25) is 5.95 Å². The van der Waals surface area contributed by atoms with Gasteiger partial charge in [-0.1, -0.05) is 0 Å². The number of halogens is 1. The Hall–Kier alpha value is -1.49. The largest absolute Gasteiger partial charge is 0.365 e. The summed E-state index contributed by atoms with van der Waals surface area (Å²) in [5.74, 6) is -0.00718. The van der Waals surface area contributed by atoms with Gasteiger partial charge in [0, 0.05) is 15.8 Å². The van der Waals surface area contributed by atoms with E-state index in [9.17, 15) is 4.39 Å². The van der Waals surface area contributed by atoms with Crippen LogP contribution in [0.4, 0.5) is 10.2 Å². The van der Waals surface area contributed by atoms with E-state index >= 15 is 0 Å². The van der Waals surface area contributed by atoms with Crippen molar-refractivity contribution in [2.24, 2.45) is 0 Å². The molecule has 0 aliphatic rings. The third kappa shape index (κ3) is 2.55. The number of nitrogens with zero attached hydrogens (tertiary/aromatic N) is 2. The molecule has 0 aromatic carbocycles. The molecule has 0 aliphatic carbocycles. The summed E-state index contributed by atoms with van der Waals surface area (Å²) in [6, 6.07) is 3.41. The van der Waals surface area contributed by atoms with Gasteiger partial charge < -0.3 is 5.32 Å². The third-order valence-corrected chi connectivity index (χ3v) is 3.45. The Bertz CT molecular complexity index is 476. The number of hydrogen-bond acceptors (Lipinski definition) is 4. The predicted molar refractivity (Wildman–Crippen MR) is 63.1 cm³/mol. The minimum Gasteiger partial charge on any atom is -0.365 e. The fourth-order valence-corrected chi connectivity index (χ4v) is 2.34. The molecule has 0 saturated heterocycles. The van der Waals surface area contributed by atoms with Crippen LogP contribution in [-0.2, 0) is 6.54 Å². The molecular weight excluding hydrogens is 225 g/mol. The lowest BCUT2D eigenvalue weighted by Crippen LogP contribution is -2.00. The van der Waals surface area contributed by atoms with Crippen LogP contribution in [0.2, 0.25) is 0 Å². The monoisotopic (exact) mass is 237 g/mol. The topological polar surface area (TPSA) is 37.8 Å². The molecule has 0 radical (unpaired) electrons. The van der Waals surface area contributed by atoms with Crippen molar-refractivity contribution >= 4 is 17.2 Å². The van der Waals surface area contributed by atoms with Gasteiger partial charge in [0.05, 0.1) is 6.54 Å². The van der Waals surface area contributed by atoms with E-state index in [4.69, 9.17) is 0 Å². The average Bonchev–Trinajstić information content (AvgIpc) is 2.56. The molecule has 16 heavy (non-hydrogen) atoms. The highest BCUT2D eigenvalue weighted by Gasteiger charge is 2.02. The fourth-order valence-electron chi connectivity index (χ4n) is 1.34. The second kappa shape index (κ2) is 4.57. The summed E-state index contributed by atoms with van der Waals surface area (Å²) in [5, 5.41) is 3.06. The summed E-state index contributed by atoms with van der Waals surface area (Å²) >= 11 is 1.74. The van der Waals surface area contributed by atoms with E-state index < -0.39 is 5.95 Å². The molecule has 1 N–H and O–H groups in total. The molecule has 2 heterocycles. The molecule has 0 aliphatic heterocycles. The first-order chi connectivity index (χ1) is 7.65. The van der Waals surface area contributed by atoms with Gasteiger partial charge >= 0.3 is 0 Å².